The minimum Gasteiger partial charge on any atom is -0.497 e. The van der Waals surface area contributed by atoms with E-state index >= 15 is 0 Å². The van der Waals surface area contributed by atoms with Crippen molar-refractivity contribution in [3.63, 3.8) is 0 Å². The molecule has 10 heteroatoms. The predicted octanol–water partition coefficient (Wildman–Crippen LogP) is 1.59. The number of ketones is 1. The number of ether oxygens (including phenoxy) is 3. The Balaban J connectivity index is 1.75. The Hall–Kier alpha value is -3.95. The Kier molecular flexibility index (Phi) is 6.26. The fourth-order valence-electron chi connectivity index (χ4n) is 2.75. The molecule has 0 atom stereocenters. The molecule has 0 saturated carbocycles. The smallest absolute Gasteiger partial charge is 0.358 e. The average molecular weight is 412 g/mol. The van der Waals surface area contributed by atoms with E-state index < -0.39 is 11.9 Å². The first-order chi connectivity index (χ1) is 14.4. The van der Waals surface area contributed by atoms with Crippen molar-refractivity contribution in [2.24, 2.45) is 0 Å². The number of methoxy groups -OCH3 is 3. The van der Waals surface area contributed by atoms with Crippen molar-refractivity contribution in [1.29, 1.82) is 0 Å². The highest BCUT2D eigenvalue weighted by atomic mass is 16.5. The predicted molar refractivity (Wildman–Crippen MR) is 104 cm³/mol. The monoisotopic (exact) mass is 412 g/mol. The van der Waals surface area contributed by atoms with Gasteiger partial charge in [-0.25, -0.2) is 14.3 Å². The fraction of sp³-hybridized carbons (Fsp3) is 0.250. The van der Waals surface area contributed by atoms with Crippen molar-refractivity contribution in [1.82, 2.24) is 19.6 Å². The number of esters is 2. The van der Waals surface area contributed by atoms with E-state index in [0.717, 1.165) is 16.0 Å². The Morgan fingerprint density at radius 1 is 1.00 bits per heavy atom. The number of aromatic nitrogens is 4. The molecule has 0 radical (unpaired) electrons. The second kappa shape index (κ2) is 9.03. The normalized spacial score (nSPS) is 10.5. The van der Waals surface area contributed by atoms with Gasteiger partial charge < -0.3 is 14.2 Å². The summed E-state index contributed by atoms with van der Waals surface area (Å²) in [4.78, 5) is 36.3. The Morgan fingerprint density at radius 3 is 2.33 bits per heavy atom. The number of carbonyl (C=O) groups excluding carboxylic acids is 3. The summed E-state index contributed by atoms with van der Waals surface area (Å²) in [6.45, 7) is 0.203. The van der Waals surface area contributed by atoms with Crippen molar-refractivity contribution < 1.29 is 28.6 Å². The highest BCUT2D eigenvalue weighted by Crippen LogP contribution is 2.13. The quantitative estimate of drug-likeness (QED) is 0.405. The van der Waals surface area contributed by atoms with Crippen LogP contribution in [-0.4, -0.2) is 58.6 Å². The third kappa shape index (κ3) is 4.54. The minimum atomic E-state index is -0.723. The molecule has 3 rings (SSSR count). The van der Waals surface area contributed by atoms with Crippen LogP contribution in [0.25, 0.3) is 0 Å². The molecule has 0 aliphatic heterocycles. The average Bonchev–Trinajstić information content (AvgIpc) is 3.40. The summed E-state index contributed by atoms with van der Waals surface area (Å²) in [7, 11) is 3.99. The summed E-state index contributed by atoms with van der Waals surface area (Å²) in [6, 6.07) is 8.72. The third-order valence-corrected chi connectivity index (χ3v) is 4.32. The number of carbonyl (C=O) groups is 3. The summed E-state index contributed by atoms with van der Waals surface area (Å²) in [5.74, 6) is -1.03. The zero-order valence-electron chi connectivity index (χ0n) is 16.7. The molecule has 2 aromatic heterocycles. The summed E-state index contributed by atoms with van der Waals surface area (Å²) in [5.41, 5.74) is 1.20. The van der Waals surface area contributed by atoms with E-state index in [0.29, 0.717) is 12.1 Å². The lowest BCUT2D eigenvalue weighted by Crippen LogP contribution is -2.17. The van der Waals surface area contributed by atoms with Crippen LogP contribution in [0.4, 0.5) is 0 Å². The molecule has 30 heavy (non-hydrogen) atoms. The van der Waals surface area contributed by atoms with Gasteiger partial charge in [0.05, 0.1) is 39.6 Å². The van der Waals surface area contributed by atoms with E-state index in [4.69, 9.17) is 4.74 Å². The molecule has 0 N–H and O–H groups in total. The van der Waals surface area contributed by atoms with Crippen LogP contribution in [0.5, 0.6) is 5.75 Å². The van der Waals surface area contributed by atoms with Gasteiger partial charge in [0.25, 0.3) is 0 Å². The highest BCUT2D eigenvalue weighted by molar-refractivity contribution is 5.97. The lowest BCUT2D eigenvalue weighted by atomic mass is 10.2. The molecule has 0 saturated heterocycles. The summed E-state index contributed by atoms with van der Waals surface area (Å²) < 4.78 is 17.2. The van der Waals surface area contributed by atoms with Crippen LogP contribution in [-0.2, 0) is 22.6 Å². The molecule has 3 aromatic rings. The number of hydrogen-bond donors (Lipinski definition) is 0. The van der Waals surface area contributed by atoms with Gasteiger partial charge in [-0.15, -0.1) is 0 Å². The van der Waals surface area contributed by atoms with Gasteiger partial charge in [0.15, 0.2) is 11.5 Å². The van der Waals surface area contributed by atoms with Crippen LogP contribution in [0.2, 0.25) is 0 Å². The lowest BCUT2D eigenvalue weighted by Gasteiger charge is -2.05. The molecule has 156 valence electrons. The van der Waals surface area contributed by atoms with E-state index in [1.54, 1.807) is 18.0 Å². The summed E-state index contributed by atoms with van der Waals surface area (Å²) >= 11 is 0. The summed E-state index contributed by atoms with van der Waals surface area (Å²) in [6.07, 6.45) is 3.05. The zero-order chi connectivity index (χ0) is 21.7. The van der Waals surface area contributed by atoms with E-state index in [2.05, 4.69) is 19.7 Å². The Morgan fingerprint density at radius 2 is 1.70 bits per heavy atom. The number of nitrogens with zero attached hydrogens (tertiary/aromatic N) is 4. The molecule has 0 spiro atoms. The number of hydrogen-bond acceptors (Lipinski definition) is 8. The molecule has 10 nitrogen and oxygen atoms in total. The molecule has 2 heterocycles. The van der Waals surface area contributed by atoms with E-state index in [1.807, 2.05) is 24.3 Å². The van der Waals surface area contributed by atoms with E-state index in [9.17, 15) is 14.4 Å². The number of Topliss-reactive ketones (excluding diaryl/α,β-unsaturated/α-hetero) is 1. The maximum atomic E-state index is 12.7. The topological polar surface area (TPSA) is 115 Å². The van der Waals surface area contributed by atoms with Crippen LogP contribution in [0.3, 0.4) is 0 Å². The molecule has 1 aromatic carbocycles. The molecule has 0 bridgehead atoms. The van der Waals surface area contributed by atoms with Crippen LogP contribution in [0.1, 0.15) is 36.9 Å². The van der Waals surface area contributed by atoms with E-state index in [1.165, 1.54) is 26.5 Å². The standard InChI is InChI=1S/C20H20N4O6/c1-28-15-6-4-13(5-7-15)10-23-11-14(9-21-23)18(25)12-24-17(20(27)30-3)8-16(22-24)19(26)29-2/h4-9,11H,10,12H2,1-3H3. The Labute approximate surface area is 172 Å². The largest absolute Gasteiger partial charge is 0.497 e. The highest BCUT2D eigenvalue weighted by Gasteiger charge is 2.22. The van der Waals surface area contributed by atoms with Gasteiger partial charge in [0.2, 0.25) is 0 Å². The van der Waals surface area contributed by atoms with Gasteiger partial charge in [0.1, 0.15) is 18.0 Å². The maximum absolute atomic E-state index is 12.7. The second-order valence-electron chi connectivity index (χ2n) is 6.25. The van der Waals surface area contributed by atoms with Crippen LogP contribution >= 0.6 is 0 Å². The first-order valence-electron chi connectivity index (χ1n) is 8.88. The van der Waals surface area contributed by atoms with Gasteiger partial charge in [-0.2, -0.15) is 10.2 Å². The van der Waals surface area contributed by atoms with Crippen LogP contribution in [0, 0.1) is 0 Å². The molecule has 0 amide bonds. The lowest BCUT2D eigenvalue weighted by molar-refractivity contribution is 0.0580. The first-order valence-corrected chi connectivity index (χ1v) is 8.88. The Bertz CT molecular complexity index is 1070. The maximum Gasteiger partial charge on any atom is 0.358 e. The van der Waals surface area contributed by atoms with Gasteiger partial charge in [0, 0.05) is 12.3 Å². The van der Waals surface area contributed by atoms with Crippen molar-refractivity contribution in [3.8, 4) is 5.75 Å². The minimum absolute atomic E-state index is 0.0307. The fourth-order valence-corrected chi connectivity index (χ4v) is 2.75. The van der Waals surface area contributed by atoms with Gasteiger partial charge in [-0.1, -0.05) is 12.1 Å². The van der Waals surface area contributed by atoms with Crippen molar-refractivity contribution in [3.05, 3.63) is 65.2 Å². The molecule has 0 aliphatic carbocycles. The number of benzene rings is 1. The molecular weight excluding hydrogens is 392 g/mol. The third-order valence-electron chi connectivity index (χ3n) is 4.32. The van der Waals surface area contributed by atoms with Crippen molar-refractivity contribution in [2.75, 3.05) is 21.3 Å². The van der Waals surface area contributed by atoms with Crippen molar-refractivity contribution in [2.45, 2.75) is 13.1 Å². The molecule has 0 fully saturated rings. The van der Waals surface area contributed by atoms with Gasteiger partial charge in [-0.05, 0) is 17.7 Å². The van der Waals surface area contributed by atoms with Gasteiger partial charge in [-0.3, -0.25) is 9.48 Å². The van der Waals surface area contributed by atoms with Crippen LogP contribution < -0.4 is 4.74 Å². The molecular formula is C20H20N4O6. The van der Waals surface area contributed by atoms with Gasteiger partial charge >= 0.3 is 11.9 Å². The molecule has 0 unspecified atom stereocenters. The SMILES string of the molecule is COC(=O)c1cc(C(=O)OC)n(CC(=O)c2cnn(Cc3ccc(OC)cc3)c2)n1. The van der Waals surface area contributed by atoms with E-state index in [-0.39, 0.29) is 23.7 Å². The second-order valence-corrected chi connectivity index (χ2v) is 6.25. The zero-order valence-corrected chi connectivity index (χ0v) is 16.7. The first kappa shape index (κ1) is 20.8. The number of rotatable bonds is 8. The van der Waals surface area contributed by atoms with Crippen molar-refractivity contribution >= 4 is 17.7 Å². The molecule has 0 aliphatic rings. The summed E-state index contributed by atoms with van der Waals surface area (Å²) in [5, 5.41) is 8.19. The van der Waals surface area contributed by atoms with Crippen LogP contribution in [0.15, 0.2) is 42.7 Å².